The van der Waals surface area contributed by atoms with E-state index < -0.39 is 31.6 Å². The Kier molecular flexibility index (Phi) is 6.43. The van der Waals surface area contributed by atoms with Crippen molar-refractivity contribution in [3.8, 4) is 0 Å². The predicted octanol–water partition coefficient (Wildman–Crippen LogP) is 1.93. The van der Waals surface area contributed by atoms with Gasteiger partial charge in [-0.1, -0.05) is 52.5 Å². The van der Waals surface area contributed by atoms with Gasteiger partial charge in [0.25, 0.3) is 9.70 Å². The zero-order valence-electron chi connectivity index (χ0n) is 13.1. The fraction of sp³-hybridized carbons (Fsp3) is 0.429. The van der Waals surface area contributed by atoms with Crippen molar-refractivity contribution >= 4 is 73.6 Å². The summed E-state index contributed by atoms with van der Waals surface area (Å²) in [5.41, 5.74) is 1.85. The molecular formula is C14H16Cl3N3O3S2. The lowest BCUT2D eigenvalue weighted by atomic mass is 10.2. The summed E-state index contributed by atoms with van der Waals surface area (Å²) < 4.78 is 21.6. The molecule has 0 spiro atoms. The Morgan fingerprint density at radius 3 is 2.16 bits per heavy atom. The van der Waals surface area contributed by atoms with Crippen LogP contribution in [0.25, 0.3) is 0 Å². The van der Waals surface area contributed by atoms with Crippen LogP contribution in [-0.4, -0.2) is 46.8 Å². The molecule has 3 N–H and O–H groups in total. The lowest BCUT2D eigenvalue weighted by Crippen LogP contribution is -2.53. The average molecular weight is 445 g/mol. The first-order chi connectivity index (χ1) is 11.5. The van der Waals surface area contributed by atoms with Crippen molar-refractivity contribution in [3.63, 3.8) is 0 Å². The van der Waals surface area contributed by atoms with E-state index in [1.54, 1.807) is 0 Å². The second-order valence-corrected chi connectivity index (χ2v) is 10.6. The zero-order valence-corrected chi connectivity index (χ0v) is 17.0. The zero-order chi connectivity index (χ0) is 18.8. The standard InChI is InChI=1S/C14H16Cl3N3O3S2/c1-8-2-4-9(5-3-8)18-13(24)20-11-7-25(22,23)6-10(11)19-12(21)14(15,16)17/h2-5,10-11H,6-7H2,1H3,(H,19,21)(H2,18,20,24)/t10-,11-/m0/s1. The van der Waals surface area contributed by atoms with Gasteiger partial charge < -0.3 is 16.0 Å². The largest absolute Gasteiger partial charge is 0.357 e. The first-order valence-corrected chi connectivity index (χ1v) is 10.5. The summed E-state index contributed by atoms with van der Waals surface area (Å²) in [6.45, 7) is 1.96. The minimum atomic E-state index is -3.35. The number of aryl methyl sites for hydroxylation is 1. The van der Waals surface area contributed by atoms with Gasteiger partial charge in [-0.3, -0.25) is 4.79 Å². The molecule has 0 unspecified atom stereocenters. The third-order valence-corrected chi connectivity index (χ3v) is 6.02. The summed E-state index contributed by atoms with van der Waals surface area (Å²) in [5, 5.41) is 8.54. The smallest absolute Gasteiger partial charge is 0.272 e. The van der Waals surface area contributed by atoms with Gasteiger partial charge in [0.05, 0.1) is 23.6 Å². The first kappa shape index (κ1) is 20.5. The maximum Gasteiger partial charge on any atom is 0.272 e. The fourth-order valence-electron chi connectivity index (χ4n) is 2.35. The SMILES string of the molecule is Cc1ccc(NC(=S)N[C@H]2CS(=O)(=O)C[C@@H]2NC(=O)C(Cl)(Cl)Cl)cc1. The molecule has 0 radical (unpaired) electrons. The van der Waals surface area contributed by atoms with E-state index in [1.807, 2.05) is 31.2 Å². The van der Waals surface area contributed by atoms with Crippen LogP contribution in [0.1, 0.15) is 5.56 Å². The Bertz CT molecular complexity index is 764. The second-order valence-electron chi connectivity index (χ2n) is 5.73. The number of anilines is 1. The number of benzene rings is 1. The molecule has 1 fully saturated rings. The van der Waals surface area contributed by atoms with E-state index in [0.717, 1.165) is 11.3 Å². The van der Waals surface area contributed by atoms with E-state index >= 15 is 0 Å². The lowest BCUT2D eigenvalue weighted by molar-refractivity contribution is -0.120. The molecule has 1 aromatic rings. The van der Waals surface area contributed by atoms with E-state index in [1.165, 1.54) is 0 Å². The van der Waals surface area contributed by atoms with Gasteiger partial charge in [0, 0.05) is 5.69 Å². The molecule has 6 nitrogen and oxygen atoms in total. The van der Waals surface area contributed by atoms with E-state index in [4.69, 9.17) is 47.0 Å². The summed E-state index contributed by atoms with van der Waals surface area (Å²) in [5.74, 6) is -1.33. The monoisotopic (exact) mass is 443 g/mol. The van der Waals surface area contributed by atoms with Crippen molar-refractivity contribution in [2.75, 3.05) is 16.8 Å². The number of amides is 1. The van der Waals surface area contributed by atoms with Crippen molar-refractivity contribution in [1.29, 1.82) is 0 Å². The van der Waals surface area contributed by atoms with Gasteiger partial charge in [-0.25, -0.2) is 8.42 Å². The van der Waals surface area contributed by atoms with Crippen LogP contribution in [0, 0.1) is 6.92 Å². The normalized spacial score (nSPS) is 22.2. The van der Waals surface area contributed by atoms with Crippen molar-refractivity contribution in [3.05, 3.63) is 29.8 Å². The number of alkyl halides is 3. The van der Waals surface area contributed by atoms with Gasteiger partial charge in [-0.05, 0) is 31.3 Å². The van der Waals surface area contributed by atoms with Crippen LogP contribution in [-0.2, 0) is 14.6 Å². The molecule has 11 heteroatoms. The van der Waals surface area contributed by atoms with Crippen molar-refractivity contribution in [1.82, 2.24) is 10.6 Å². The van der Waals surface area contributed by atoms with Crippen molar-refractivity contribution in [2.24, 2.45) is 0 Å². The molecule has 1 aliphatic rings. The van der Waals surface area contributed by atoms with E-state index in [-0.39, 0.29) is 16.6 Å². The lowest BCUT2D eigenvalue weighted by Gasteiger charge is -2.24. The maximum absolute atomic E-state index is 11.9. The van der Waals surface area contributed by atoms with Gasteiger partial charge in [0.1, 0.15) is 0 Å². The molecule has 1 saturated heterocycles. The Hall–Kier alpha value is -0.800. The average Bonchev–Trinajstić information content (AvgIpc) is 2.74. The molecule has 1 amide bonds. The number of halogens is 3. The van der Waals surface area contributed by atoms with Crippen LogP contribution in [0.4, 0.5) is 5.69 Å². The fourth-order valence-corrected chi connectivity index (χ4v) is 4.65. The van der Waals surface area contributed by atoms with Crippen LogP contribution in [0.15, 0.2) is 24.3 Å². The number of carbonyl (C=O) groups is 1. The number of carbonyl (C=O) groups excluding carboxylic acids is 1. The summed E-state index contributed by atoms with van der Waals surface area (Å²) in [6, 6.07) is 6.12. The highest BCUT2D eigenvalue weighted by molar-refractivity contribution is 7.91. The predicted molar refractivity (Wildman–Crippen MR) is 105 cm³/mol. The quantitative estimate of drug-likeness (QED) is 0.488. The molecular weight excluding hydrogens is 429 g/mol. The van der Waals surface area contributed by atoms with Crippen LogP contribution in [0.3, 0.4) is 0 Å². The highest BCUT2D eigenvalue weighted by Gasteiger charge is 2.42. The molecule has 2 rings (SSSR count). The minimum Gasteiger partial charge on any atom is -0.357 e. The van der Waals surface area contributed by atoms with Gasteiger partial charge in [0.2, 0.25) is 0 Å². The Balaban J connectivity index is 2.03. The number of thiocarbonyl (C=S) groups is 1. The van der Waals surface area contributed by atoms with Crippen molar-refractivity contribution in [2.45, 2.75) is 22.8 Å². The third kappa shape index (κ3) is 6.14. The number of sulfone groups is 1. The Morgan fingerprint density at radius 2 is 1.64 bits per heavy atom. The minimum absolute atomic E-state index is 0.187. The molecule has 1 aliphatic heterocycles. The highest BCUT2D eigenvalue weighted by atomic mass is 35.6. The van der Waals surface area contributed by atoms with Gasteiger partial charge in [-0.2, -0.15) is 0 Å². The van der Waals surface area contributed by atoms with Gasteiger partial charge in [-0.15, -0.1) is 0 Å². The van der Waals surface area contributed by atoms with E-state index in [9.17, 15) is 13.2 Å². The van der Waals surface area contributed by atoms with Gasteiger partial charge >= 0.3 is 0 Å². The summed E-state index contributed by atoms with van der Waals surface area (Å²) >= 11 is 21.8. The second kappa shape index (κ2) is 7.84. The topological polar surface area (TPSA) is 87.3 Å². The Morgan fingerprint density at radius 1 is 1.12 bits per heavy atom. The molecule has 25 heavy (non-hydrogen) atoms. The molecule has 0 bridgehead atoms. The molecule has 0 saturated carbocycles. The first-order valence-electron chi connectivity index (χ1n) is 7.18. The summed E-state index contributed by atoms with van der Waals surface area (Å²) in [6.07, 6.45) is 0. The number of rotatable bonds is 3. The molecule has 1 aromatic carbocycles. The van der Waals surface area contributed by atoms with Gasteiger partial charge in [0.15, 0.2) is 14.9 Å². The molecule has 0 aliphatic carbocycles. The van der Waals surface area contributed by atoms with E-state index in [2.05, 4.69) is 16.0 Å². The van der Waals surface area contributed by atoms with E-state index in [0.29, 0.717) is 0 Å². The van der Waals surface area contributed by atoms with Crippen LogP contribution >= 0.6 is 47.0 Å². The molecule has 138 valence electrons. The molecule has 0 aromatic heterocycles. The number of hydrogen-bond donors (Lipinski definition) is 3. The molecule has 2 atom stereocenters. The third-order valence-electron chi connectivity index (χ3n) is 3.55. The van der Waals surface area contributed by atoms with Crippen LogP contribution in [0.2, 0.25) is 0 Å². The van der Waals surface area contributed by atoms with Crippen molar-refractivity contribution < 1.29 is 13.2 Å². The molecule has 1 heterocycles. The highest BCUT2D eigenvalue weighted by Crippen LogP contribution is 2.27. The maximum atomic E-state index is 11.9. The summed E-state index contributed by atoms with van der Waals surface area (Å²) in [4.78, 5) is 11.8. The van der Waals surface area contributed by atoms with Crippen LogP contribution in [0.5, 0.6) is 0 Å². The number of hydrogen-bond acceptors (Lipinski definition) is 4. The van der Waals surface area contributed by atoms with Crippen LogP contribution < -0.4 is 16.0 Å². The summed E-state index contributed by atoms with van der Waals surface area (Å²) in [7, 11) is -3.35. The Labute approximate surface area is 166 Å². The number of nitrogens with one attached hydrogen (secondary N) is 3.